The lowest BCUT2D eigenvalue weighted by molar-refractivity contribution is 0.0867. The molecule has 3 heterocycles. The summed E-state index contributed by atoms with van der Waals surface area (Å²) in [4.78, 5) is 15.0. The van der Waals surface area contributed by atoms with Gasteiger partial charge in [-0.1, -0.05) is 0 Å². The van der Waals surface area contributed by atoms with Crippen molar-refractivity contribution in [1.82, 2.24) is 14.0 Å². The highest BCUT2D eigenvalue weighted by molar-refractivity contribution is 5.99. The first kappa shape index (κ1) is 15.1. The minimum absolute atomic E-state index is 0.236. The lowest BCUT2D eigenvalue weighted by Crippen LogP contribution is -2.39. The Morgan fingerprint density at radius 3 is 2.77 bits per heavy atom. The Balaban J connectivity index is 1.78. The van der Waals surface area contributed by atoms with Crippen LogP contribution in [0.25, 0.3) is 0 Å². The summed E-state index contributed by atoms with van der Waals surface area (Å²) in [6.45, 7) is 11.7. The lowest BCUT2D eigenvalue weighted by Gasteiger charge is -2.34. The van der Waals surface area contributed by atoms with E-state index in [1.807, 2.05) is 6.07 Å². The molecular weight excluding hydrogens is 274 g/mol. The molecule has 0 saturated carbocycles. The molecule has 0 amide bonds. The van der Waals surface area contributed by atoms with Crippen LogP contribution in [0, 0.1) is 13.8 Å². The summed E-state index contributed by atoms with van der Waals surface area (Å²) in [5.41, 5.74) is 4.45. The highest BCUT2D eigenvalue weighted by atomic mass is 16.1. The highest BCUT2D eigenvalue weighted by Crippen LogP contribution is 2.26. The molecule has 1 unspecified atom stereocenters. The molecule has 1 atom stereocenters. The summed E-state index contributed by atoms with van der Waals surface area (Å²) >= 11 is 0. The predicted octanol–water partition coefficient (Wildman–Crippen LogP) is 3.19. The minimum Gasteiger partial charge on any atom is -0.349 e. The van der Waals surface area contributed by atoms with Crippen LogP contribution in [0.2, 0.25) is 0 Å². The maximum Gasteiger partial charge on any atom is 0.178 e. The molecule has 0 spiro atoms. The Kier molecular flexibility index (Phi) is 3.96. The van der Waals surface area contributed by atoms with E-state index in [0.29, 0.717) is 12.6 Å². The van der Waals surface area contributed by atoms with E-state index < -0.39 is 0 Å². The Hall–Kier alpha value is -1.81. The molecule has 4 heteroatoms. The molecule has 0 N–H and O–H groups in total. The van der Waals surface area contributed by atoms with Crippen molar-refractivity contribution < 1.29 is 4.79 Å². The molecule has 0 bridgehead atoms. The SMILES string of the molecule is CCn1c(C)cc(C(=O)CN2CCn3cccc3C2C)c1C. The van der Waals surface area contributed by atoms with Gasteiger partial charge in [-0.2, -0.15) is 0 Å². The molecule has 118 valence electrons. The Labute approximate surface area is 132 Å². The van der Waals surface area contributed by atoms with E-state index in [2.05, 4.69) is 60.1 Å². The number of carbonyl (C=O) groups excluding carboxylic acids is 1. The van der Waals surface area contributed by atoms with Gasteiger partial charge < -0.3 is 9.13 Å². The fourth-order valence-corrected chi connectivity index (χ4v) is 3.68. The van der Waals surface area contributed by atoms with E-state index in [0.717, 1.165) is 30.9 Å². The third kappa shape index (κ3) is 2.41. The predicted molar refractivity (Wildman–Crippen MR) is 88.3 cm³/mol. The second-order valence-electron chi connectivity index (χ2n) is 6.23. The van der Waals surface area contributed by atoms with Crippen LogP contribution in [0.15, 0.2) is 24.4 Å². The van der Waals surface area contributed by atoms with Crippen molar-refractivity contribution in [3.63, 3.8) is 0 Å². The molecule has 1 aliphatic rings. The van der Waals surface area contributed by atoms with Crippen LogP contribution in [0.3, 0.4) is 0 Å². The molecule has 1 aliphatic heterocycles. The van der Waals surface area contributed by atoms with Crippen LogP contribution in [0.5, 0.6) is 0 Å². The number of carbonyl (C=O) groups is 1. The van der Waals surface area contributed by atoms with E-state index >= 15 is 0 Å². The van der Waals surface area contributed by atoms with Gasteiger partial charge >= 0.3 is 0 Å². The number of nitrogens with zero attached hydrogens (tertiary/aromatic N) is 3. The standard InChI is InChI=1S/C18H25N3O/c1-5-21-13(2)11-16(14(21)3)18(22)12-20-10-9-19-8-6-7-17(19)15(20)4/h6-8,11,15H,5,9-10,12H2,1-4H3. The Morgan fingerprint density at radius 1 is 1.32 bits per heavy atom. The van der Waals surface area contributed by atoms with E-state index in [1.54, 1.807) is 0 Å². The molecule has 0 fully saturated rings. The van der Waals surface area contributed by atoms with Crippen molar-refractivity contribution in [2.75, 3.05) is 13.1 Å². The van der Waals surface area contributed by atoms with Crippen molar-refractivity contribution in [1.29, 1.82) is 0 Å². The van der Waals surface area contributed by atoms with Gasteiger partial charge in [-0.05, 0) is 45.9 Å². The first-order valence-corrected chi connectivity index (χ1v) is 8.12. The molecule has 0 aliphatic carbocycles. The molecule has 0 radical (unpaired) electrons. The van der Waals surface area contributed by atoms with Gasteiger partial charge in [0.2, 0.25) is 0 Å². The number of hydrogen-bond donors (Lipinski definition) is 0. The number of fused-ring (bicyclic) bond motifs is 1. The normalized spacial score (nSPS) is 18.5. The zero-order valence-corrected chi connectivity index (χ0v) is 14.0. The summed E-state index contributed by atoms with van der Waals surface area (Å²) in [6, 6.07) is 6.58. The largest absolute Gasteiger partial charge is 0.349 e. The van der Waals surface area contributed by atoms with Crippen molar-refractivity contribution in [3.8, 4) is 0 Å². The smallest absolute Gasteiger partial charge is 0.178 e. The number of aryl methyl sites for hydroxylation is 1. The Bertz CT molecular complexity index is 695. The van der Waals surface area contributed by atoms with Gasteiger partial charge in [0, 0.05) is 54.5 Å². The van der Waals surface area contributed by atoms with E-state index in [1.165, 1.54) is 11.4 Å². The van der Waals surface area contributed by atoms with Crippen LogP contribution in [0.4, 0.5) is 0 Å². The Morgan fingerprint density at radius 2 is 2.09 bits per heavy atom. The maximum atomic E-state index is 12.7. The minimum atomic E-state index is 0.236. The molecule has 4 nitrogen and oxygen atoms in total. The number of Topliss-reactive ketones (excluding diaryl/α,β-unsaturated/α-hetero) is 1. The molecule has 2 aromatic rings. The molecular formula is C18H25N3O. The summed E-state index contributed by atoms with van der Waals surface area (Å²) < 4.78 is 4.49. The molecule has 0 aromatic carbocycles. The monoisotopic (exact) mass is 299 g/mol. The van der Waals surface area contributed by atoms with E-state index in [9.17, 15) is 4.79 Å². The summed E-state index contributed by atoms with van der Waals surface area (Å²) in [5, 5.41) is 0. The van der Waals surface area contributed by atoms with Crippen molar-refractivity contribution in [2.45, 2.75) is 46.8 Å². The number of aromatic nitrogens is 2. The van der Waals surface area contributed by atoms with Gasteiger partial charge in [0.05, 0.1) is 6.54 Å². The van der Waals surface area contributed by atoms with E-state index in [-0.39, 0.29) is 5.78 Å². The molecule has 0 saturated heterocycles. The number of ketones is 1. The van der Waals surface area contributed by atoms with Gasteiger partial charge in [-0.25, -0.2) is 0 Å². The van der Waals surface area contributed by atoms with Crippen LogP contribution in [-0.4, -0.2) is 32.9 Å². The highest BCUT2D eigenvalue weighted by Gasteiger charge is 2.26. The average Bonchev–Trinajstić information content (AvgIpc) is 3.07. The van der Waals surface area contributed by atoms with Gasteiger partial charge in [-0.15, -0.1) is 0 Å². The fraction of sp³-hybridized carbons (Fsp3) is 0.500. The zero-order valence-electron chi connectivity index (χ0n) is 14.0. The first-order chi connectivity index (χ1) is 10.5. The van der Waals surface area contributed by atoms with Crippen LogP contribution >= 0.6 is 0 Å². The van der Waals surface area contributed by atoms with Gasteiger partial charge in [0.1, 0.15) is 0 Å². The summed E-state index contributed by atoms with van der Waals surface area (Å²) in [5.74, 6) is 0.236. The van der Waals surface area contributed by atoms with Crippen LogP contribution in [0.1, 0.15) is 47.3 Å². The zero-order chi connectivity index (χ0) is 15.9. The van der Waals surface area contributed by atoms with Crippen molar-refractivity contribution in [3.05, 3.63) is 47.0 Å². The fourth-order valence-electron chi connectivity index (χ4n) is 3.68. The summed E-state index contributed by atoms with van der Waals surface area (Å²) in [7, 11) is 0. The second kappa shape index (κ2) is 5.76. The van der Waals surface area contributed by atoms with Crippen molar-refractivity contribution in [2.24, 2.45) is 0 Å². The number of hydrogen-bond acceptors (Lipinski definition) is 2. The lowest BCUT2D eigenvalue weighted by atomic mass is 10.1. The quantitative estimate of drug-likeness (QED) is 0.812. The third-order valence-electron chi connectivity index (χ3n) is 5.01. The first-order valence-electron chi connectivity index (χ1n) is 8.12. The van der Waals surface area contributed by atoms with Crippen LogP contribution < -0.4 is 0 Å². The average molecular weight is 299 g/mol. The topological polar surface area (TPSA) is 30.2 Å². The number of rotatable bonds is 4. The third-order valence-corrected chi connectivity index (χ3v) is 5.01. The molecule has 22 heavy (non-hydrogen) atoms. The van der Waals surface area contributed by atoms with Gasteiger partial charge in [0.25, 0.3) is 0 Å². The second-order valence-corrected chi connectivity index (χ2v) is 6.23. The maximum absolute atomic E-state index is 12.7. The van der Waals surface area contributed by atoms with Gasteiger partial charge in [-0.3, -0.25) is 9.69 Å². The summed E-state index contributed by atoms with van der Waals surface area (Å²) in [6.07, 6.45) is 2.12. The van der Waals surface area contributed by atoms with Crippen molar-refractivity contribution >= 4 is 5.78 Å². The van der Waals surface area contributed by atoms with E-state index in [4.69, 9.17) is 0 Å². The van der Waals surface area contributed by atoms with Gasteiger partial charge in [0.15, 0.2) is 5.78 Å². The molecule has 3 rings (SSSR count). The van der Waals surface area contributed by atoms with Crippen LogP contribution in [-0.2, 0) is 13.1 Å². The molecule has 2 aromatic heterocycles.